The summed E-state index contributed by atoms with van der Waals surface area (Å²) in [6.45, 7) is 1.96. The van der Waals surface area contributed by atoms with Crippen LogP contribution in [-0.4, -0.2) is 40.7 Å². The largest absolute Gasteiger partial charge is 0.382 e. The van der Waals surface area contributed by atoms with Gasteiger partial charge in [-0.25, -0.2) is 0 Å². The van der Waals surface area contributed by atoms with Crippen LogP contribution in [0, 0.1) is 0 Å². The number of rotatable bonds is 4. The van der Waals surface area contributed by atoms with Crippen molar-refractivity contribution in [3.63, 3.8) is 0 Å². The Morgan fingerprint density at radius 1 is 1.32 bits per heavy atom. The van der Waals surface area contributed by atoms with E-state index in [4.69, 9.17) is 0 Å². The van der Waals surface area contributed by atoms with E-state index in [1.165, 1.54) is 12.8 Å². The van der Waals surface area contributed by atoms with Crippen LogP contribution in [0.15, 0.2) is 18.2 Å². The average Bonchev–Trinajstić information content (AvgIpc) is 3.22. The average molecular weight is 341 g/mol. The normalized spacial score (nSPS) is 23.9. The number of para-hydroxylation sites is 1. The second-order valence-electron chi connectivity index (χ2n) is 6.89. The summed E-state index contributed by atoms with van der Waals surface area (Å²) < 4.78 is 1.83. The van der Waals surface area contributed by atoms with E-state index in [-0.39, 0.29) is 17.7 Å². The standard InChI is InChI=1S/C18H23N5O2/c1-23-17-12(16(22-23)13-7-8-15(24)21-18(13)25)5-2-6-14(17)20-10-11-4-3-9-19-11/h2,5-6,11,13,19-20H,3-4,7-10H2,1H3,(H,21,24,25)/t11-,13?/m0/s1. The van der Waals surface area contributed by atoms with E-state index in [1.54, 1.807) is 0 Å². The van der Waals surface area contributed by atoms with Crippen molar-refractivity contribution < 1.29 is 9.59 Å². The van der Waals surface area contributed by atoms with Gasteiger partial charge in [0.05, 0.1) is 22.8 Å². The predicted molar refractivity (Wildman–Crippen MR) is 95.4 cm³/mol. The molecule has 1 aromatic carbocycles. The molecule has 0 aliphatic carbocycles. The molecule has 25 heavy (non-hydrogen) atoms. The molecule has 3 N–H and O–H groups in total. The van der Waals surface area contributed by atoms with Gasteiger partial charge in [-0.2, -0.15) is 5.10 Å². The molecule has 2 aliphatic heterocycles. The van der Waals surface area contributed by atoms with Crippen LogP contribution >= 0.6 is 0 Å². The monoisotopic (exact) mass is 341 g/mol. The van der Waals surface area contributed by atoms with Crippen LogP contribution in [-0.2, 0) is 16.6 Å². The van der Waals surface area contributed by atoms with Crippen molar-refractivity contribution in [2.45, 2.75) is 37.6 Å². The highest BCUT2D eigenvalue weighted by Gasteiger charge is 2.31. The number of anilines is 1. The van der Waals surface area contributed by atoms with Gasteiger partial charge in [0.25, 0.3) is 0 Å². The summed E-state index contributed by atoms with van der Waals surface area (Å²) in [4.78, 5) is 23.6. The second-order valence-corrected chi connectivity index (χ2v) is 6.89. The lowest BCUT2D eigenvalue weighted by Crippen LogP contribution is -2.39. The van der Waals surface area contributed by atoms with Crippen molar-refractivity contribution in [1.82, 2.24) is 20.4 Å². The molecular formula is C18H23N5O2. The number of piperidine rings is 1. The number of aromatic nitrogens is 2. The van der Waals surface area contributed by atoms with Crippen molar-refractivity contribution in [1.29, 1.82) is 0 Å². The van der Waals surface area contributed by atoms with Crippen LogP contribution in [0.25, 0.3) is 10.9 Å². The first-order chi connectivity index (χ1) is 12.1. The van der Waals surface area contributed by atoms with Crippen LogP contribution in [0.5, 0.6) is 0 Å². The van der Waals surface area contributed by atoms with Gasteiger partial charge in [0, 0.05) is 31.4 Å². The molecule has 2 aromatic rings. The van der Waals surface area contributed by atoms with E-state index in [9.17, 15) is 9.59 Å². The van der Waals surface area contributed by atoms with Gasteiger partial charge in [-0.1, -0.05) is 12.1 Å². The Kier molecular flexibility index (Phi) is 4.17. The molecule has 0 saturated carbocycles. The minimum atomic E-state index is -0.367. The highest BCUT2D eigenvalue weighted by molar-refractivity contribution is 6.03. The number of nitrogens with zero attached hydrogens (tertiary/aromatic N) is 2. The first kappa shape index (κ1) is 16.1. The molecule has 2 amide bonds. The highest BCUT2D eigenvalue weighted by atomic mass is 16.2. The number of hydrogen-bond acceptors (Lipinski definition) is 5. The van der Waals surface area contributed by atoms with Gasteiger partial charge in [0.15, 0.2) is 0 Å². The molecule has 1 unspecified atom stereocenters. The van der Waals surface area contributed by atoms with Crippen LogP contribution in [0.3, 0.4) is 0 Å². The van der Waals surface area contributed by atoms with Gasteiger partial charge >= 0.3 is 0 Å². The van der Waals surface area contributed by atoms with E-state index in [2.05, 4.69) is 21.0 Å². The maximum atomic E-state index is 12.2. The molecule has 7 nitrogen and oxygen atoms in total. The first-order valence-corrected chi connectivity index (χ1v) is 8.90. The number of fused-ring (bicyclic) bond motifs is 1. The minimum absolute atomic E-state index is 0.201. The third kappa shape index (κ3) is 3.00. The lowest BCUT2D eigenvalue weighted by atomic mass is 9.92. The van der Waals surface area contributed by atoms with Crippen molar-refractivity contribution in [3.05, 3.63) is 23.9 Å². The molecule has 0 bridgehead atoms. The lowest BCUT2D eigenvalue weighted by Gasteiger charge is -2.19. The second kappa shape index (κ2) is 6.48. The molecule has 2 saturated heterocycles. The summed E-state index contributed by atoms with van der Waals surface area (Å²) in [5.74, 6) is -0.814. The maximum Gasteiger partial charge on any atom is 0.235 e. The fourth-order valence-electron chi connectivity index (χ4n) is 3.88. The van der Waals surface area contributed by atoms with Crippen LogP contribution in [0.1, 0.15) is 37.3 Å². The predicted octanol–water partition coefficient (Wildman–Crippen LogP) is 1.26. The number of nitrogens with one attached hydrogen (secondary N) is 3. The van der Waals surface area contributed by atoms with Crippen molar-refractivity contribution in [2.75, 3.05) is 18.4 Å². The van der Waals surface area contributed by atoms with E-state index in [0.717, 1.165) is 35.4 Å². The van der Waals surface area contributed by atoms with Crippen molar-refractivity contribution in [3.8, 4) is 0 Å². The lowest BCUT2D eigenvalue weighted by molar-refractivity contribution is -0.134. The fourth-order valence-corrected chi connectivity index (χ4v) is 3.88. The van der Waals surface area contributed by atoms with Gasteiger partial charge in [-0.3, -0.25) is 19.6 Å². The Morgan fingerprint density at radius 2 is 2.20 bits per heavy atom. The molecule has 7 heteroatoms. The van der Waals surface area contributed by atoms with Gasteiger partial charge in [0.2, 0.25) is 11.8 Å². The smallest absolute Gasteiger partial charge is 0.235 e. The molecule has 0 spiro atoms. The minimum Gasteiger partial charge on any atom is -0.382 e. The Balaban J connectivity index is 1.65. The van der Waals surface area contributed by atoms with Crippen LogP contribution < -0.4 is 16.0 Å². The summed E-state index contributed by atoms with van der Waals surface area (Å²) in [5, 5.41) is 15.0. The third-order valence-corrected chi connectivity index (χ3v) is 5.16. The number of benzene rings is 1. The first-order valence-electron chi connectivity index (χ1n) is 8.90. The number of imide groups is 1. The highest BCUT2D eigenvalue weighted by Crippen LogP contribution is 2.33. The van der Waals surface area contributed by atoms with Gasteiger partial charge in [0.1, 0.15) is 0 Å². The van der Waals surface area contributed by atoms with E-state index < -0.39 is 0 Å². The Labute approximate surface area is 146 Å². The number of carbonyl (C=O) groups is 2. The zero-order valence-corrected chi connectivity index (χ0v) is 14.3. The SMILES string of the molecule is Cn1nc(C2CCC(=O)NC2=O)c2cccc(NC[C@@H]3CCCN3)c21. The van der Waals surface area contributed by atoms with Crippen LogP contribution in [0.2, 0.25) is 0 Å². The van der Waals surface area contributed by atoms with Gasteiger partial charge < -0.3 is 10.6 Å². The number of amides is 2. The summed E-state index contributed by atoms with van der Waals surface area (Å²) >= 11 is 0. The number of carbonyl (C=O) groups excluding carboxylic acids is 2. The fraction of sp³-hybridized carbons (Fsp3) is 0.500. The maximum absolute atomic E-state index is 12.2. The van der Waals surface area contributed by atoms with Gasteiger partial charge in [-0.15, -0.1) is 0 Å². The van der Waals surface area contributed by atoms with Crippen molar-refractivity contribution >= 4 is 28.4 Å². The molecule has 2 fully saturated rings. The summed E-state index contributed by atoms with van der Waals surface area (Å²) in [7, 11) is 1.90. The third-order valence-electron chi connectivity index (χ3n) is 5.16. The summed E-state index contributed by atoms with van der Waals surface area (Å²) in [6, 6.07) is 6.54. The Bertz CT molecular complexity index is 822. The number of aryl methyl sites for hydroxylation is 1. The zero-order valence-electron chi connectivity index (χ0n) is 14.3. The van der Waals surface area contributed by atoms with E-state index in [1.807, 2.05) is 29.9 Å². The van der Waals surface area contributed by atoms with Crippen LogP contribution in [0.4, 0.5) is 5.69 Å². The molecule has 1 aromatic heterocycles. The molecule has 132 valence electrons. The van der Waals surface area contributed by atoms with E-state index >= 15 is 0 Å². The Morgan fingerprint density at radius 3 is 2.96 bits per heavy atom. The summed E-state index contributed by atoms with van der Waals surface area (Å²) in [5.41, 5.74) is 2.78. The number of hydrogen-bond donors (Lipinski definition) is 3. The molecule has 3 heterocycles. The molecule has 0 radical (unpaired) electrons. The topological polar surface area (TPSA) is 88.0 Å². The summed E-state index contributed by atoms with van der Waals surface area (Å²) in [6.07, 6.45) is 3.29. The Hall–Kier alpha value is -2.41. The molecule has 2 atom stereocenters. The van der Waals surface area contributed by atoms with E-state index in [0.29, 0.717) is 18.9 Å². The zero-order chi connectivity index (χ0) is 17.4. The molecule has 2 aliphatic rings. The molecular weight excluding hydrogens is 318 g/mol. The van der Waals surface area contributed by atoms with Crippen molar-refractivity contribution in [2.24, 2.45) is 7.05 Å². The molecule has 4 rings (SSSR count). The van der Waals surface area contributed by atoms with Gasteiger partial charge in [-0.05, 0) is 31.9 Å². The quantitative estimate of drug-likeness (QED) is 0.729.